The Kier molecular flexibility index (Phi) is 4.47. The van der Waals surface area contributed by atoms with Crippen molar-refractivity contribution in [2.75, 3.05) is 13.1 Å². The number of hydrogen-bond donors (Lipinski definition) is 0. The highest BCUT2D eigenvalue weighted by Gasteiger charge is 2.26. The fraction of sp³-hybridized carbons (Fsp3) is 0.524. The van der Waals surface area contributed by atoms with Crippen LogP contribution >= 0.6 is 0 Å². The van der Waals surface area contributed by atoms with Crippen molar-refractivity contribution in [3.8, 4) is 17.1 Å². The summed E-state index contributed by atoms with van der Waals surface area (Å²) in [5, 5.41) is 4.12. The van der Waals surface area contributed by atoms with Gasteiger partial charge in [-0.25, -0.2) is 0 Å². The third-order valence-electron chi connectivity index (χ3n) is 5.29. The van der Waals surface area contributed by atoms with Crippen LogP contribution in [0.3, 0.4) is 0 Å². The number of fused-ring (bicyclic) bond motifs is 1. The largest absolute Gasteiger partial charge is 0.490 e. The van der Waals surface area contributed by atoms with Crippen LogP contribution in [-0.4, -0.2) is 35.2 Å². The first-order valence-corrected chi connectivity index (χ1v) is 9.51. The summed E-state index contributed by atoms with van der Waals surface area (Å²) in [6.45, 7) is 8.18. The van der Waals surface area contributed by atoms with E-state index in [1.54, 1.807) is 0 Å². The molecule has 1 amide bonds. The van der Waals surface area contributed by atoms with Crippen LogP contribution in [-0.2, 0) is 17.6 Å². The topological polar surface area (TPSA) is 55.6 Å². The highest BCUT2D eigenvalue weighted by molar-refractivity contribution is 5.78. The van der Waals surface area contributed by atoms with Crippen molar-refractivity contribution < 1.29 is 14.1 Å². The van der Waals surface area contributed by atoms with Crippen LogP contribution in [0.15, 0.2) is 28.8 Å². The molecule has 3 heterocycles. The lowest BCUT2D eigenvalue weighted by Gasteiger charge is -2.34. The van der Waals surface area contributed by atoms with E-state index in [0.717, 1.165) is 30.8 Å². The Bertz CT molecular complexity index is 803. The Balaban J connectivity index is 1.45. The van der Waals surface area contributed by atoms with Crippen molar-refractivity contribution in [1.29, 1.82) is 0 Å². The average molecular weight is 354 g/mol. The molecule has 3 atom stereocenters. The summed E-state index contributed by atoms with van der Waals surface area (Å²) in [6.07, 6.45) is 2.62. The molecular weight excluding hydrogens is 328 g/mol. The molecule has 0 spiro atoms. The van der Waals surface area contributed by atoms with Crippen LogP contribution in [0, 0.1) is 11.8 Å². The van der Waals surface area contributed by atoms with Gasteiger partial charge >= 0.3 is 0 Å². The van der Waals surface area contributed by atoms with Crippen molar-refractivity contribution in [3.63, 3.8) is 0 Å². The van der Waals surface area contributed by atoms with E-state index in [9.17, 15) is 4.79 Å². The molecule has 0 bridgehead atoms. The number of ether oxygens (including phenoxy) is 1. The molecule has 0 aliphatic carbocycles. The van der Waals surface area contributed by atoms with Crippen molar-refractivity contribution in [2.24, 2.45) is 11.8 Å². The Morgan fingerprint density at radius 2 is 1.96 bits per heavy atom. The minimum absolute atomic E-state index is 0.138. The van der Waals surface area contributed by atoms with Gasteiger partial charge in [0.15, 0.2) is 5.76 Å². The van der Waals surface area contributed by atoms with Gasteiger partial charge in [-0.3, -0.25) is 4.79 Å². The quantitative estimate of drug-likeness (QED) is 0.843. The van der Waals surface area contributed by atoms with E-state index >= 15 is 0 Å². The Morgan fingerprint density at radius 3 is 2.73 bits per heavy atom. The van der Waals surface area contributed by atoms with E-state index < -0.39 is 0 Å². The summed E-state index contributed by atoms with van der Waals surface area (Å²) < 4.78 is 11.2. The number of nitrogens with zero attached hydrogens (tertiary/aromatic N) is 2. The van der Waals surface area contributed by atoms with Crippen LogP contribution in [0.25, 0.3) is 11.3 Å². The number of rotatable bonds is 3. The Hall–Kier alpha value is -2.30. The van der Waals surface area contributed by atoms with E-state index in [0.29, 0.717) is 29.7 Å². The van der Waals surface area contributed by atoms with E-state index in [1.807, 2.05) is 23.1 Å². The van der Waals surface area contributed by atoms with Gasteiger partial charge in [0, 0.05) is 31.1 Å². The van der Waals surface area contributed by atoms with Gasteiger partial charge in [-0.2, -0.15) is 0 Å². The van der Waals surface area contributed by atoms with Crippen LogP contribution in [0.4, 0.5) is 0 Å². The first-order chi connectivity index (χ1) is 12.5. The Labute approximate surface area is 154 Å². The molecule has 5 heteroatoms. The van der Waals surface area contributed by atoms with Crippen LogP contribution in [0.2, 0.25) is 0 Å². The molecule has 1 saturated heterocycles. The number of carbonyl (C=O) groups is 1. The molecule has 2 aliphatic heterocycles. The number of piperidine rings is 1. The van der Waals surface area contributed by atoms with Gasteiger partial charge < -0.3 is 14.2 Å². The fourth-order valence-corrected chi connectivity index (χ4v) is 4.24. The number of amides is 1. The molecular formula is C21H26N2O3. The molecule has 0 radical (unpaired) electrons. The molecule has 2 aliphatic rings. The lowest BCUT2D eigenvalue weighted by atomic mass is 9.91. The smallest absolute Gasteiger partial charge is 0.228 e. The van der Waals surface area contributed by atoms with Gasteiger partial charge in [-0.15, -0.1) is 0 Å². The highest BCUT2D eigenvalue weighted by atomic mass is 16.5. The molecule has 1 aromatic carbocycles. The van der Waals surface area contributed by atoms with Crippen LogP contribution < -0.4 is 4.74 Å². The van der Waals surface area contributed by atoms with Gasteiger partial charge in [-0.1, -0.05) is 19.0 Å². The zero-order valence-corrected chi connectivity index (χ0v) is 15.7. The van der Waals surface area contributed by atoms with E-state index in [2.05, 4.69) is 32.0 Å². The molecule has 5 nitrogen and oxygen atoms in total. The second kappa shape index (κ2) is 6.78. The monoisotopic (exact) mass is 354 g/mol. The molecule has 2 aromatic rings. The van der Waals surface area contributed by atoms with Gasteiger partial charge in [0.1, 0.15) is 11.9 Å². The minimum atomic E-state index is 0.138. The zero-order valence-electron chi connectivity index (χ0n) is 15.7. The maximum Gasteiger partial charge on any atom is 0.228 e. The van der Waals surface area contributed by atoms with E-state index in [-0.39, 0.29) is 12.0 Å². The predicted octanol–water partition coefficient (Wildman–Crippen LogP) is 3.71. The molecule has 0 saturated carbocycles. The van der Waals surface area contributed by atoms with Crippen molar-refractivity contribution in [2.45, 2.75) is 46.1 Å². The molecule has 3 unspecified atom stereocenters. The lowest BCUT2D eigenvalue weighted by Crippen LogP contribution is -2.43. The van der Waals surface area contributed by atoms with Crippen molar-refractivity contribution >= 4 is 5.91 Å². The summed E-state index contributed by atoms with van der Waals surface area (Å²) >= 11 is 0. The molecule has 138 valence electrons. The van der Waals surface area contributed by atoms with Crippen LogP contribution in [0.1, 0.15) is 38.4 Å². The summed E-state index contributed by atoms with van der Waals surface area (Å²) in [6, 6.07) is 7.95. The van der Waals surface area contributed by atoms with Gasteiger partial charge in [-0.05, 0) is 48.9 Å². The second-order valence-electron chi connectivity index (χ2n) is 8.06. The summed E-state index contributed by atoms with van der Waals surface area (Å²) in [7, 11) is 0. The zero-order chi connectivity index (χ0) is 18.3. The summed E-state index contributed by atoms with van der Waals surface area (Å²) in [5.41, 5.74) is 2.87. The molecule has 1 aromatic heterocycles. The van der Waals surface area contributed by atoms with Gasteiger partial charge in [0.2, 0.25) is 5.91 Å². The molecule has 1 fully saturated rings. The average Bonchev–Trinajstić information content (AvgIpc) is 3.18. The standard InChI is InChI=1S/C21H26N2O3/c1-13-6-14(2)12-23(11-13)21(24)10-18-9-20(26-22-18)16-4-5-19-17(8-16)7-15(3)25-19/h4-5,8-9,13-15H,6-7,10-12H2,1-3H3. The third-order valence-corrected chi connectivity index (χ3v) is 5.29. The van der Waals surface area contributed by atoms with E-state index in [1.165, 1.54) is 12.0 Å². The van der Waals surface area contributed by atoms with Crippen LogP contribution in [0.5, 0.6) is 5.75 Å². The molecule has 26 heavy (non-hydrogen) atoms. The maximum absolute atomic E-state index is 12.6. The second-order valence-corrected chi connectivity index (χ2v) is 8.06. The summed E-state index contributed by atoms with van der Waals surface area (Å²) in [4.78, 5) is 14.6. The number of benzene rings is 1. The van der Waals surface area contributed by atoms with Crippen molar-refractivity contribution in [1.82, 2.24) is 10.1 Å². The number of aromatic nitrogens is 1. The number of carbonyl (C=O) groups excluding carboxylic acids is 1. The minimum Gasteiger partial charge on any atom is -0.490 e. The summed E-state index contributed by atoms with van der Waals surface area (Å²) in [5.74, 6) is 2.91. The lowest BCUT2D eigenvalue weighted by molar-refractivity contribution is -0.133. The molecule has 0 N–H and O–H groups in total. The van der Waals surface area contributed by atoms with Gasteiger partial charge in [0.25, 0.3) is 0 Å². The van der Waals surface area contributed by atoms with Gasteiger partial charge in [0.05, 0.1) is 12.1 Å². The fourth-order valence-electron chi connectivity index (χ4n) is 4.24. The SMILES string of the molecule is CC1CC(C)CN(C(=O)Cc2cc(-c3ccc4c(c3)CC(C)O4)on2)C1. The normalized spacial score (nSPS) is 25.0. The first kappa shape index (κ1) is 17.1. The first-order valence-electron chi connectivity index (χ1n) is 9.51. The van der Waals surface area contributed by atoms with Crippen molar-refractivity contribution in [3.05, 3.63) is 35.5 Å². The predicted molar refractivity (Wildman–Crippen MR) is 99.0 cm³/mol. The highest BCUT2D eigenvalue weighted by Crippen LogP contribution is 2.33. The maximum atomic E-state index is 12.6. The Morgan fingerprint density at radius 1 is 1.19 bits per heavy atom. The van der Waals surface area contributed by atoms with E-state index in [4.69, 9.17) is 9.26 Å². The molecule has 4 rings (SSSR count). The number of likely N-dealkylation sites (tertiary alicyclic amines) is 1. The third kappa shape index (κ3) is 3.48. The number of hydrogen-bond acceptors (Lipinski definition) is 4.